The highest BCUT2D eigenvalue weighted by Crippen LogP contribution is 2.28. The molecule has 0 amide bonds. The standard InChI is InChI=1S/C8H12O6S/c9-7(10)3-5-4-15(13,14)2-1-6(5)8(11)12/h5-6H,1-4H2,(H,9,10)(H,11,12)/t5-,6-/m1/s1. The van der Waals surface area contributed by atoms with E-state index in [4.69, 9.17) is 10.2 Å². The number of hydrogen-bond acceptors (Lipinski definition) is 4. The van der Waals surface area contributed by atoms with Gasteiger partial charge in [0.25, 0.3) is 0 Å². The van der Waals surface area contributed by atoms with Crippen molar-refractivity contribution >= 4 is 21.8 Å². The van der Waals surface area contributed by atoms with Gasteiger partial charge in [-0.15, -0.1) is 0 Å². The molecule has 1 heterocycles. The van der Waals surface area contributed by atoms with Crippen LogP contribution in [0.15, 0.2) is 0 Å². The van der Waals surface area contributed by atoms with Crippen LogP contribution in [0.2, 0.25) is 0 Å². The quantitative estimate of drug-likeness (QED) is 0.690. The van der Waals surface area contributed by atoms with E-state index in [0.717, 1.165) is 0 Å². The summed E-state index contributed by atoms with van der Waals surface area (Å²) >= 11 is 0. The van der Waals surface area contributed by atoms with Crippen LogP contribution in [-0.4, -0.2) is 42.1 Å². The molecule has 86 valence electrons. The molecule has 0 aromatic heterocycles. The predicted molar refractivity (Wildman–Crippen MR) is 50.1 cm³/mol. The Kier molecular flexibility index (Phi) is 3.33. The van der Waals surface area contributed by atoms with Gasteiger partial charge in [-0.05, 0) is 12.3 Å². The highest BCUT2D eigenvalue weighted by molar-refractivity contribution is 7.91. The summed E-state index contributed by atoms with van der Waals surface area (Å²) in [5.41, 5.74) is 0. The van der Waals surface area contributed by atoms with Gasteiger partial charge in [-0.25, -0.2) is 8.42 Å². The Bertz CT molecular complexity index is 371. The monoisotopic (exact) mass is 236 g/mol. The molecule has 1 saturated heterocycles. The van der Waals surface area contributed by atoms with E-state index >= 15 is 0 Å². The maximum atomic E-state index is 11.2. The summed E-state index contributed by atoms with van der Waals surface area (Å²) in [6, 6.07) is 0. The molecule has 0 radical (unpaired) electrons. The van der Waals surface area contributed by atoms with Crippen molar-refractivity contribution in [3.05, 3.63) is 0 Å². The Morgan fingerprint density at radius 1 is 1.27 bits per heavy atom. The van der Waals surface area contributed by atoms with Crippen LogP contribution in [0, 0.1) is 11.8 Å². The first-order chi connectivity index (χ1) is 6.82. The molecule has 15 heavy (non-hydrogen) atoms. The molecule has 1 rings (SSSR count). The van der Waals surface area contributed by atoms with Gasteiger partial charge in [0, 0.05) is 6.42 Å². The fourth-order valence-electron chi connectivity index (χ4n) is 1.82. The SMILES string of the molecule is O=C(O)C[C@@H]1CS(=O)(=O)CC[C@H]1C(=O)O. The van der Waals surface area contributed by atoms with Crippen molar-refractivity contribution in [1.82, 2.24) is 0 Å². The lowest BCUT2D eigenvalue weighted by atomic mass is 9.88. The third-order valence-electron chi connectivity index (χ3n) is 2.53. The zero-order valence-electron chi connectivity index (χ0n) is 7.92. The Morgan fingerprint density at radius 2 is 1.87 bits per heavy atom. The fourth-order valence-corrected chi connectivity index (χ4v) is 3.60. The van der Waals surface area contributed by atoms with Gasteiger partial charge in [-0.3, -0.25) is 9.59 Å². The van der Waals surface area contributed by atoms with Crippen molar-refractivity contribution in [2.75, 3.05) is 11.5 Å². The third-order valence-corrected chi connectivity index (χ3v) is 4.32. The van der Waals surface area contributed by atoms with Gasteiger partial charge in [0.15, 0.2) is 9.84 Å². The van der Waals surface area contributed by atoms with Crippen LogP contribution >= 0.6 is 0 Å². The summed E-state index contributed by atoms with van der Waals surface area (Å²) in [7, 11) is -3.27. The first-order valence-electron chi connectivity index (χ1n) is 4.47. The van der Waals surface area contributed by atoms with E-state index in [1.165, 1.54) is 0 Å². The molecule has 2 N–H and O–H groups in total. The summed E-state index contributed by atoms with van der Waals surface area (Å²) in [6.45, 7) is 0. The highest BCUT2D eigenvalue weighted by atomic mass is 32.2. The number of carboxylic acids is 2. The van der Waals surface area contributed by atoms with Gasteiger partial charge in [-0.2, -0.15) is 0 Å². The Balaban J connectivity index is 2.82. The van der Waals surface area contributed by atoms with E-state index in [-0.39, 0.29) is 17.9 Å². The van der Waals surface area contributed by atoms with Crippen LogP contribution in [-0.2, 0) is 19.4 Å². The molecule has 0 aromatic carbocycles. The smallest absolute Gasteiger partial charge is 0.306 e. The summed E-state index contributed by atoms with van der Waals surface area (Å²) in [6.07, 6.45) is -0.397. The molecular formula is C8H12O6S. The topological polar surface area (TPSA) is 109 Å². The van der Waals surface area contributed by atoms with Crippen LogP contribution < -0.4 is 0 Å². The van der Waals surface area contributed by atoms with Gasteiger partial charge in [0.1, 0.15) is 0 Å². The second kappa shape index (κ2) is 4.18. The zero-order chi connectivity index (χ0) is 11.6. The molecule has 0 aliphatic carbocycles. The Morgan fingerprint density at radius 3 is 2.33 bits per heavy atom. The van der Waals surface area contributed by atoms with Crippen LogP contribution in [0.1, 0.15) is 12.8 Å². The second-order valence-corrected chi connectivity index (χ2v) is 5.93. The van der Waals surface area contributed by atoms with Crippen molar-refractivity contribution < 1.29 is 28.2 Å². The van der Waals surface area contributed by atoms with Crippen LogP contribution in [0.3, 0.4) is 0 Å². The number of carbonyl (C=O) groups is 2. The summed E-state index contributed by atoms with van der Waals surface area (Å²) in [5, 5.41) is 17.4. The highest BCUT2D eigenvalue weighted by Gasteiger charge is 2.38. The van der Waals surface area contributed by atoms with E-state index in [1.54, 1.807) is 0 Å². The van der Waals surface area contributed by atoms with E-state index in [0.29, 0.717) is 0 Å². The molecule has 1 fully saturated rings. The first kappa shape index (κ1) is 12.0. The Hall–Kier alpha value is -1.11. The predicted octanol–water partition coefficient (Wildman–Crippen LogP) is -0.403. The third kappa shape index (κ3) is 3.19. The minimum Gasteiger partial charge on any atom is -0.481 e. The number of sulfone groups is 1. The van der Waals surface area contributed by atoms with Crippen molar-refractivity contribution in [2.45, 2.75) is 12.8 Å². The summed E-state index contributed by atoms with van der Waals surface area (Å²) in [5.74, 6) is -4.45. The number of carboxylic acid groups (broad SMARTS) is 2. The van der Waals surface area contributed by atoms with Gasteiger partial charge in [-0.1, -0.05) is 0 Å². The van der Waals surface area contributed by atoms with Gasteiger partial charge >= 0.3 is 11.9 Å². The van der Waals surface area contributed by atoms with Crippen molar-refractivity contribution in [3.8, 4) is 0 Å². The molecule has 1 aliphatic heterocycles. The normalized spacial score (nSPS) is 29.6. The van der Waals surface area contributed by atoms with Crippen molar-refractivity contribution in [2.24, 2.45) is 11.8 Å². The molecule has 0 saturated carbocycles. The van der Waals surface area contributed by atoms with Crippen molar-refractivity contribution in [3.63, 3.8) is 0 Å². The number of hydrogen-bond donors (Lipinski definition) is 2. The lowest BCUT2D eigenvalue weighted by molar-refractivity contribution is -0.145. The molecule has 2 atom stereocenters. The number of rotatable bonds is 3. The molecule has 0 bridgehead atoms. The van der Waals surface area contributed by atoms with E-state index in [2.05, 4.69) is 0 Å². The fraction of sp³-hybridized carbons (Fsp3) is 0.750. The van der Waals surface area contributed by atoms with Crippen LogP contribution in [0.25, 0.3) is 0 Å². The average molecular weight is 236 g/mol. The van der Waals surface area contributed by atoms with Crippen LogP contribution in [0.5, 0.6) is 0 Å². The lowest BCUT2D eigenvalue weighted by Crippen LogP contribution is -2.38. The minimum absolute atomic E-state index is 0.00954. The molecular weight excluding hydrogens is 224 g/mol. The number of aliphatic carboxylic acids is 2. The largest absolute Gasteiger partial charge is 0.481 e. The van der Waals surface area contributed by atoms with Crippen LogP contribution in [0.4, 0.5) is 0 Å². The lowest BCUT2D eigenvalue weighted by Gasteiger charge is -2.26. The van der Waals surface area contributed by atoms with E-state index in [1.807, 2.05) is 0 Å². The summed E-state index contributed by atoms with van der Waals surface area (Å²) in [4.78, 5) is 21.2. The minimum atomic E-state index is -3.27. The van der Waals surface area contributed by atoms with Gasteiger partial charge in [0.2, 0.25) is 0 Å². The summed E-state index contributed by atoms with van der Waals surface area (Å²) < 4.78 is 22.4. The molecule has 0 spiro atoms. The molecule has 0 unspecified atom stereocenters. The maximum Gasteiger partial charge on any atom is 0.306 e. The average Bonchev–Trinajstić information content (AvgIpc) is 1.99. The van der Waals surface area contributed by atoms with Crippen molar-refractivity contribution in [1.29, 1.82) is 0 Å². The molecule has 1 aliphatic rings. The van der Waals surface area contributed by atoms with Gasteiger partial charge < -0.3 is 10.2 Å². The van der Waals surface area contributed by atoms with Gasteiger partial charge in [0.05, 0.1) is 17.4 Å². The van der Waals surface area contributed by atoms with E-state index < -0.39 is 40.0 Å². The zero-order valence-corrected chi connectivity index (χ0v) is 8.74. The Labute approximate surface area is 86.8 Å². The molecule has 0 aromatic rings. The molecule has 7 heteroatoms. The second-order valence-electron chi connectivity index (χ2n) is 3.71. The first-order valence-corrected chi connectivity index (χ1v) is 6.29. The van der Waals surface area contributed by atoms with E-state index in [9.17, 15) is 18.0 Å². The molecule has 6 nitrogen and oxygen atoms in total. The maximum absolute atomic E-state index is 11.2.